The Morgan fingerprint density at radius 1 is 1.35 bits per heavy atom. The standard InChI is InChI=1S/C13H14N2O2/c1-16-11-7-3-2-5-9(11)12-10-6-4-8-14-13(10)17-15-12/h2-3,5,7,14H,4,6,8H2,1H3. The van der Waals surface area contributed by atoms with Crippen LogP contribution in [0.3, 0.4) is 0 Å². The lowest BCUT2D eigenvalue weighted by atomic mass is 10.0. The van der Waals surface area contributed by atoms with E-state index in [4.69, 9.17) is 9.26 Å². The number of para-hydroxylation sites is 1. The van der Waals surface area contributed by atoms with Gasteiger partial charge in [-0.1, -0.05) is 17.3 Å². The van der Waals surface area contributed by atoms with Crippen LogP contribution in [0.5, 0.6) is 5.75 Å². The monoisotopic (exact) mass is 230 g/mol. The number of ether oxygens (including phenoxy) is 1. The van der Waals surface area contributed by atoms with Crippen molar-refractivity contribution in [2.45, 2.75) is 12.8 Å². The highest BCUT2D eigenvalue weighted by atomic mass is 16.5. The molecule has 0 saturated heterocycles. The highest BCUT2D eigenvalue weighted by molar-refractivity contribution is 5.73. The summed E-state index contributed by atoms with van der Waals surface area (Å²) in [5.74, 6) is 1.63. The molecular formula is C13H14N2O2. The molecule has 2 aromatic rings. The molecule has 0 unspecified atom stereocenters. The van der Waals surface area contributed by atoms with Gasteiger partial charge < -0.3 is 14.6 Å². The summed E-state index contributed by atoms with van der Waals surface area (Å²) in [5, 5.41) is 7.38. The fourth-order valence-electron chi connectivity index (χ4n) is 2.20. The lowest BCUT2D eigenvalue weighted by molar-refractivity contribution is 0.413. The van der Waals surface area contributed by atoms with E-state index in [1.165, 1.54) is 0 Å². The van der Waals surface area contributed by atoms with Crippen LogP contribution in [0.2, 0.25) is 0 Å². The molecule has 88 valence electrons. The predicted molar refractivity (Wildman–Crippen MR) is 65.3 cm³/mol. The Hall–Kier alpha value is -1.97. The van der Waals surface area contributed by atoms with E-state index in [9.17, 15) is 0 Å². The van der Waals surface area contributed by atoms with E-state index in [0.717, 1.165) is 47.8 Å². The third kappa shape index (κ3) is 1.65. The van der Waals surface area contributed by atoms with Gasteiger partial charge in [0.25, 0.3) is 0 Å². The molecule has 1 aromatic carbocycles. The van der Waals surface area contributed by atoms with Crippen LogP contribution < -0.4 is 10.1 Å². The summed E-state index contributed by atoms with van der Waals surface area (Å²) >= 11 is 0. The van der Waals surface area contributed by atoms with Crippen molar-refractivity contribution < 1.29 is 9.26 Å². The number of nitrogens with one attached hydrogen (secondary N) is 1. The van der Waals surface area contributed by atoms with Crippen molar-refractivity contribution >= 4 is 5.88 Å². The van der Waals surface area contributed by atoms with Gasteiger partial charge in [0.05, 0.1) is 7.11 Å². The number of fused-ring (bicyclic) bond motifs is 1. The summed E-state index contributed by atoms with van der Waals surface area (Å²) < 4.78 is 10.7. The van der Waals surface area contributed by atoms with Gasteiger partial charge in [0.2, 0.25) is 5.88 Å². The van der Waals surface area contributed by atoms with Crippen LogP contribution in [-0.4, -0.2) is 18.8 Å². The quantitative estimate of drug-likeness (QED) is 0.861. The first-order valence-corrected chi connectivity index (χ1v) is 5.76. The Morgan fingerprint density at radius 2 is 2.24 bits per heavy atom. The second kappa shape index (κ2) is 4.13. The van der Waals surface area contributed by atoms with E-state index in [1.807, 2.05) is 24.3 Å². The van der Waals surface area contributed by atoms with Crippen LogP contribution in [0.4, 0.5) is 5.88 Å². The zero-order valence-electron chi connectivity index (χ0n) is 9.69. The first-order chi connectivity index (χ1) is 8.40. The Morgan fingerprint density at radius 3 is 3.12 bits per heavy atom. The number of benzene rings is 1. The molecule has 0 atom stereocenters. The lowest BCUT2D eigenvalue weighted by Crippen LogP contribution is -2.10. The van der Waals surface area contributed by atoms with Crippen molar-refractivity contribution in [3.05, 3.63) is 29.8 Å². The average Bonchev–Trinajstić information content (AvgIpc) is 2.82. The van der Waals surface area contributed by atoms with E-state index in [-0.39, 0.29) is 0 Å². The third-order valence-corrected chi connectivity index (χ3v) is 3.04. The smallest absolute Gasteiger partial charge is 0.228 e. The summed E-state index contributed by atoms with van der Waals surface area (Å²) in [6, 6.07) is 7.88. The van der Waals surface area contributed by atoms with Gasteiger partial charge in [0.1, 0.15) is 11.4 Å². The van der Waals surface area contributed by atoms with Crippen LogP contribution in [0, 0.1) is 0 Å². The maximum absolute atomic E-state index is 5.36. The Kier molecular flexibility index (Phi) is 2.48. The first-order valence-electron chi connectivity index (χ1n) is 5.76. The molecule has 0 fully saturated rings. The summed E-state index contributed by atoms with van der Waals surface area (Å²) in [6.45, 7) is 0.952. The fourth-order valence-corrected chi connectivity index (χ4v) is 2.20. The number of rotatable bonds is 2. The molecule has 2 heterocycles. The molecule has 1 aliphatic heterocycles. The molecule has 0 saturated carbocycles. The molecule has 0 aliphatic carbocycles. The fraction of sp³-hybridized carbons (Fsp3) is 0.308. The van der Waals surface area contributed by atoms with Gasteiger partial charge in [-0.2, -0.15) is 0 Å². The van der Waals surface area contributed by atoms with Crippen LogP contribution in [0.25, 0.3) is 11.3 Å². The van der Waals surface area contributed by atoms with Gasteiger partial charge in [-0.3, -0.25) is 0 Å². The maximum Gasteiger partial charge on any atom is 0.228 e. The largest absolute Gasteiger partial charge is 0.496 e. The zero-order valence-corrected chi connectivity index (χ0v) is 9.69. The van der Waals surface area contributed by atoms with Gasteiger partial charge in [-0.25, -0.2) is 0 Å². The van der Waals surface area contributed by atoms with Crippen LogP contribution in [-0.2, 0) is 6.42 Å². The molecule has 3 rings (SSSR count). The van der Waals surface area contributed by atoms with Crippen molar-refractivity contribution in [3.8, 4) is 17.0 Å². The summed E-state index contributed by atoms with van der Waals surface area (Å²) in [4.78, 5) is 0. The summed E-state index contributed by atoms with van der Waals surface area (Å²) in [5.41, 5.74) is 3.04. The van der Waals surface area contributed by atoms with Gasteiger partial charge >= 0.3 is 0 Å². The van der Waals surface area contributed by atoms with Crippen molar-refractivity contribution in [3.63, 3.8) is 0 Å². The van der Waals surface area contributed by atoms with Crippen molar-refractivity contribution in [2.24, 2.45) is 0 Å². The highest BCUT2D eigenvalue weighted by Crippen LogP contribution is 2.36. The molecule has 17 heavy (non-hydrogen) atoms. The normalized spacial score (nSPS) is 13.9. The van der Waals surface area contributed by atoms with Gasteiger partial charge in [-0.15, -0.1) is 0 Å². The number of aromatic nitrogens is 1. The molecule has 4 nitrogen and oxygen atoms in total. The summed E-state index contributed by atoms with van der Waals surface area (Å²) in [6.07, 6.45) is 2.11. The lowest BCUT2D eigenvalue weighted by Gasteiger charge is -2.12. The second-order valence-electron chi connectivity index (χ2n) is 4.07. The molecule has 1 N–H and O–H groups in total. The van der Waals surface area contributed by atoms with Crippen molar-refractivity contribution in [1.29, 1.82) is 0 Å². The Balaban J connectivity index is 2.12. The van der Waals surface area contributed by atoms with E-state index >= 15 is 0 Å². The van der Waals surface area contributed by atoms with Crippen molar-refractivity contribution in [2.75, 3.05) is 19.0 Å². The molecule has 0 bridgehead atoms. The molecule has 4 heteroatoms. The molecule has 0 amide bonds. The van der Waals surface area contributed by atoms with E-state index in [0.29, 0.717) is 0 Å². The van der Waals surface area contributed by atoms with E-state index in [1.54, 1.807) is 7.11 Å². The number of hydrogen-bond donors (Lipinski definition) is 1. The number of methoxy groups -OCH3 is 1. The zero-order chi connectivity index (χ0) is 11.7. The SMILES string of the molecule is COc1ccccc1-c1noc2c1CCCN2. The van der Waals surface area contributed by atoms with Gasteiger partial charge in [-0.05, 0) is 25.0 Å². The Bertz CT molecular complexity index is 534. The van der Waals surface area contributed by atoms with Crippen LogP contribution in [0.15, 0.2) is 28.8 Å². The summed E-state index contributed by atoms with van der Waals surface area (Å²) in [7, 11) is 1.67. The number of hydrogen-bond acceptors (Lipinski definition) is 4. The van der Waals surface area contributed by atoms with Gasteiger partial charge in [0, 0.05) is 17.7 Å². The molecule has 0 radical (unpaired) electrons. The minimum absolute atomic E-state index is 0.803. The molecular weight excluding hydrogens is 216 g/mol. The van der Waals surface area contributed by atoms with Crippen molar-refractivity contribution in [1.82, 2.24) is 5.16 Å². The molecule has 1 aliphatic rings. The Labute approximate surface area is 99.6 Å². The van der Waals surface area contributed by atoms with Crippen LogP contribution in [0.1, 0.15) is 12.0 Å². The van der Waals surface area contributed by atoms with E-state index < -0.39 is 0 Å². The van der Waals surface area contributed by atoms with Crippen LogP contribution >= 0.6 is 0 Å². The minimum Gasteiger partial charge on any atom is -0.496 e. The van der Waals surface area contributed by atoms with Gasteiger partial charge in [0.15, 0.2) is 0 Å². The third-order valence-electron chi connectivity index (χ3n) is 3.04. The van der Waals surface area contributed by atoms with E-state index in [2.05, 4.69) is 10.5 Å². The predicted octanol–water partition coefficient (Wildman–Crippen LogP) is 2.71. The number of nitrogens with zero attached hydrogens (tertiary/aromatic N) is 1. The maximum atomic E-state index is 5.36. The average molecular weight is 230 g/mol. The first kappa shape index (κ1) is 10.2. The second-order valence-corrected chi connectivity index (χ2v) is 4.07. The minimum atomic E-state index is 0.803. The highest BCUT2D eigenvalue weighted by Gasteiger charge is 2.21. The molecule has 0 spiro atoms. The molecule has 1 aromatic heterocycles. The number of anilines is 1. The topological polar surface area (TPSA) is 47.3 Å².